The van der Waals surface area contributed by atoms with Crippen LogP contribution in [0.4, 0.5) is 9.52 Å². The number of benzene rings is 2. The average Bonchev–Trinajstić information content (AvgIpc) is 2.82. The zero-order valence-corrected chi connectivity index (χ0v) is 13.3. The average molecular weight is 372 g/mol. The maximum atomic E-state index is 13.1. The topological polar surface area (TPSA) is 24.9 Å². The maximum absolute atomic E-state index is 13.1. The molecule has 0 saturated carbocycles. The Labute approximate surface area is 132 Å². The van der Waals surface area contributed by atoms with E-state index < -0.39 is 5.82 Å². The molecule has 2 nitrogen and oxygen atoms in total. The Morgan fingerprint density at radius 3 is 2.90 bits per heavy atom. The van der Waals surface area contributed by atoms with Crippen molar-refractivity contribution in [3.63, 3.8) is 0 Å². The summed E-state index contributed by atoms with van der Waals surface area (Å²) in [5.41, 5.74) is 1.86. The van der Waals surface area contributed by atoms with Gasteiger partial charge >= 0.3 is 0 Å². The predicted octanol–water partition coefficient (Wildman–Crippen LogP) is 5.46. The molecule has 2 aromatic carbocycles. The summed E-state index contributed by atoms with van der Waals surface area (Å²) in [5.74, 6) is -0.403. The van der Waals surface area contributed by atoms with Crippen LogP contribution >= 0.6 is 38.9 Å². The SMILES string of the molecule is Fc1ccc(CNc2nc3cc(Br)ccc3s2)cc1Cl. The summed E-state index contributed by atoms with van der Waals surface area (Å²) in [4.78, 5) is 4.50. The number of aromatic nitrogens is 1. The second-order valence-electron chi connectivity index (χ2n) is 4.23. The first-order valence-electron chi connectivity index (χ1n) is 5.86. The van der Waals surface area contributed by atoms with Gasteiger partial charge in [-0.3, -0.25) is 0 Å². The molecule has 102 valence electrons. The molecule has 1 N–H and O–H groups in total. The molecular formula is C14H9BrClFN2S. The van der Waals surface area contributed by atoms with Crippen LogP contribution in [-0.4, -0.2) is 4.98 Å². The van der Waals surface area contributed by atoms with E-state index in [0.29, 0.717) is 6.54 Å². The summed E-state index contributed by atoms with van der Waals surface area (Å²) in [6.07, 6.45) is 0. The Bertz CT molecular complexity index is 775. The van der Waals surface area contributed by atoms with Gasteiger partial charge < -0.3 is 5.32 Å². The summed E-state index contributed by atoms with van der Waals surface area (Å²) in [7, 11) is 0. The van der Waals surface area contributed by atoms with Crippen molar-refractivity contribution in [2.75, 3.05) is 5.32 Å². The van der Waals surface area contributed by atoms with E-state index in [1.165, 1.54) is 6.07 Å². The monoisotopic (exact) mass is 370 g/mol. The highest BCUT2D eigenvalue weighted by Crippen LogP contribution is 2.28. The van der Waals surface area contributed by atoms with Crippen LogP contribution in [0.25, 0.3) is 10.2 Å². The first-order valence-corrected chi connectivity index (χ1v) is 7.84. The molecule has 0 aliphatic carbocycles. The van der Waals surface area contributed by atoms with Gasteiger partial charge in [0.05, 0.1) is 15.2 Å². The molecule has 0 aliphatic heterocycles. The van der Waals surface area contributed by atoms with E-state index in [2.05, 4.69) is 26.2 Å². The summed E-state index contributed by atoms with van der Waals surface area (Å²) in [6, 6.07) is 10.7. The molecule has 0 fully saturated rings. The van der Waals surface area contributed by atoms with Gasteiger partial charge in [-0.2, -0.15) is 0 Å². The largest absolute Gasteiger partial charge is 0.357 e. The number of hydrogen-bond donors (Lipinski definition) is 1. The van der Waals surface area contributed by atoms with Crippen molar-refractivity contribution in [2.45, 2.75) is 6.54 Å². The van der Waals surface area contributed by atoms with E-state index in [1.54, 1.807) is 23.5 Å². The number of rotatable bonds is 3. The maximum Gasteiger partial charge on any atom is 0.184 e. The Morgan fingerprint density at radius 1 is 1.25 bits per heavy atom. The van der Waals surface area contributed by atoms with Crippen LogP contribution in [0.3, 0.4) is 0 Å². The molecule has 0 aliphatic rings. The fourth-order valence-electron chi connectivity index (χ4n) is 1.80. The Balaban J connectivity index is 1.77. The van der Waals surface area contributed by atoms with Crippen LogP contribution in [0.15, 0.2) is 40.9 Å². The lowest BCUT2D eigenvalue weighted by atomic mass is 10.2. The minimum atomic E-state index is -0.403. The normalized spacial score (nSPS) is 10.9. The molecule has 0 bridgehead atoms. The molecule has 0 amide bonds. The molecule has 3 aromatic rings. The van der Waals surface area contributed by atoms with Crippen LogP contribution in [-0.2, 0) is 6.54 Å². The second-order valence-corrected chi connectivity index (χ2v) is 6.59. The lowest BCUT2D eigenvalue weighted by molar-refractivity contribution is 0.627. The Kier molecular flexibility index (Phi) is 3.92. The van der Waals surface area contributed by atoms with Gasteiger partial charge in [-0.05, 0) is 35.9 Å². The molecule has 3 rings (SSSR count). The standard InChI is InChI=1S/C14H9BrClFN2S/c15-9-2-4-13-12(6-9)19-14(20-13)18-7-8-1-3-11(17)10(16)5-8/h1-6H,7H2,(H,18,19). The minimum Gasteiger partial charge on any atom is -0.357 e. The number of halogens is 3. The third-order valence-electron chi connectivity index (χ3n) is 2.78. The van der Waals surface area contributed by atoms with Gasteiger partial charge in [0.15, 0.2) is 5.13 Å². The molecular weight excluding hydrogens is 363 g/mol. The van der Waals surface area contributed by atoms with Crippen molar-refractivity contribution >= 4 is 54.2 Å². The van der Waals surface area contributed by atoms with Crippen molar-refractivity contribution in [3.05, 3.63) is 57.3 Å². The van der Waals surface area contributed by atoms with Gasteiger partial charge in [-0.25, -0.2) is 9.37 Å². The van der Waals surface area contributed by atoms with Crippen molar-refractivity contribution < 1.29 is 4.39 Å². The number of nitrogens with one attached hydrogen (secondary N) is 1. The van der Waals surface area contributed by atoms with Gasteiger partial charge in [0.2, 0.25) is 0 Å². The molecule has 20 heavy (non-hydrogen) atoms. The van der Waals surface area contributed by atoms with Crippen molar-refractivity contribution in [3.8, 4) is 0 Å². The lowest BCUT2D eigenvalue weighted by Gasteiger charge is -2.03. The molecule has 0 atom stereocenters. The third-order valence-corrected chi connectivity index (χ3v) is 4.55. The van der Waals surface area contributed by atoms with Crippen molar-refractivity contribution in [1.82, 2.24) is 4.98 Å². The molecule has 0 saturated heterocycles. The van der Waals surface area contributed by atoms with Gasteiger partial charge in [-0.1, -0.05) is 44.9 Å². The summed E-state index contributed by atoms with van der Waals surface area (Å²) in [5, 5.41) is 4.20. The highest BCUT2D eigenvalue weighted by atomic mass is 79.9. The number of anilines is 1. The highest BCUT2D eigenvalue weighted by molar-refractivity contribution is 9.10. The molecule has 0 spiro atoms. The third kappa shape index (κ3) is 2.95. The molecule has 1 heterocycles. The van der Waals surface area contributed by atoms with Crippen molar-refractivity contribution in [2.24, 2.45) is 0 Å². The summed E-state index contributed by atoms with van der Waals surface area (Å²) < 4.78 is 15.2. The summed E-state index contributed by atoms with van der Waals surface area (Å²) >= 11 is 10.8. The molecule has 1 aromatic heterocycles. The predicted molar refractivity (Wildman–Crippen MR) is 86.1 cm³/mol. The summed E-state index contributed by atoms with van der Waals surface area (Å²) in [6.45, 7) is 0.557. The van der Waals surface area contributed by atoms with Gasteiger partial charge in [0, 0.05) is 11.0 Å². The van der Waals surface area contributed by atoms with Gasteiger partial charge in [0.1, 0.15) is 5.82 Å². The van der Waals surface area contributed by atoms with Crippen LogP contribution in [0.2, 0.25) is 5.02 Å². The van der Waals surface area contributed by atoms with Gasteiger partial charge in [-0.15, -0.1) is 0 Å². The molecule has 6 heteroatoms. The zero-order chi connectivity index (χ0) is 14.1. The lowest BCUT2D eigenvalue weighted by Crippen LogP contribution is -1.99. The van der Waals surface area contributed by atoms with Crippen LogP contribution in [0.5, 0.6) is 0 Å². The number of hydrogen-bond acceptors (Lipinski definition) is 3. The first kappa shape index (κ1) is 13.8. The quantitative estimate of drug-likeness (QED) is 0.661. The number of fused-ring (bicyclic) bond motifs is 1. The second kappa shape index (κ2) is 5.68. The Morgan fingerprint density at radius 2 is 2.10 bits per heavy atom. The van der Waals surface area contributed by atoms with Crippen molar-refractivity contribution in [1.29, 1.82) is 0 Å². The van der Waals surface area contributed by atoms with Crippen LogP contribution < -0.4 is 5.32 Å². The Hall–Kier alpha value is -1.17. The zero-order valence-electron chi connectivity index (χ0n) is 10.2. The fraction of sp³-hybridized carbons (Fsp3) is 0.0714. The van der Waals surface area contributed by atoms with E-state index >= 15 is 0 Å². The smallest absolute Gasteiger partial charge is 0.184 e. The molecule has 0 radical (unpaired) electrons. The minimum absolute atomic E-state index is 0.137. The van der Waals surface area contributed by atoms with E-state index in [-0.39, 0.29) is 5.02 Å². The number of nitrogens with zero attached hydrogens (tertiary/aromatic N) is 1. The fourth-order valence-corrected chi connectivity index (χ4v) is 3.20. The first-order chi connectivity index (χ1) is 9.61. The molecule has 0 unspecified atom stereocenters. The van der Waals surface area contributed by atoms with Crippen LogP contribution in [0, 0.1) is 5.82 Å². The number of thiazole rings is 1. The van der Waals surface area contributed by atoms with E-state index in [1.807, 2.05) is 18.2 Å². The van der Waals surface area contributed by atoms with Crippen LogP contribution in [0.1, 0.15) is 5.56 Å². The van der Waals surface area contributed by atoms with Gasteiger partial charge in [0.25, 0.3) is 0 Å². The van der Waals surface area contributed by atoms with E-state index in [0.717, 1.165) is 25.4 Å². The van der Waals surface area contributed by atoms with E-state index in [9.17, 15) is 4.39 Å². The highest BCUT2D eigenvalue weighted by Gasteiger charge is 2.05. The van der Waals surface area contributed by atoms with E-state index in [4.69, 9.17) is 11.6 Å².